The molecule has 0 atom stereocenters. The number of hydrogen-bond acceptors (Lipinski definition) is 7. The number of anilines is 2. The number of nitrogens with zero attached hydrogens (tertiary/aromatic N) is 4. The summed E-state index contributed by atoms with van der Waals surface area (Å²) in [5.74, 6) is -0.749. The van der Waals surface area contributed by atoms with Crippen molar-refractivity contribution in [2.75, 3.05) is 43.5 Å². The van der Waals surface area contributed by atoms with Gasteiger partial charge in [0.1, 0.15) is 0 Å². The summed E-state index contributed by atoms with van der Waals surface area (Å²) >= 11 is 0. The van der Waals surface area contributed by atoms with E-state index in [-0.39, 0.29) is 30.9 Å². The first-order chi connectivity index (χ1) is 14.9. The molecule has 1 aromatic heterocycles. The quantitative estimate of drug-likeness (QED) is 0.673. The Bertz CT molecular complexity index is 896. The number of esters is 1. The highest BCUT2D eigenvalue weighted by molar-refractivity contribution is 5.94. The zero-order valence-corrected chi connectivity index (χ0v) is 17.8. The van der Waals surface area contributed by atoms with Crippen LogP contribution in [0.3, 0.4) is 0 Å². The van der Waals surface area contributed by atoms with Crippen LogP contribution in [0.1, 0.15) is 18.4 Å². The number of likely N-dealkylation sites (N-methyl/N-ethyl adjacent to an activating group) is 1. The van der Waals surface area contributed by atoms with E-state index in [0.717, 1.165) is 5.56 Å². The molecule has 1 fully saturated rings. The van der Waals surface area contributed by atoms with Crippen LogP contribution in [0.15, 0.2) is 42.7 Å². The van der Waals surface area contributed by atoms with E-state index < -0.39 is 5.91 Å². The van der Waals surface area contributed by atoms with E-state index in [9.17, 15) is 14.4 Å². The van der Waals surface area contributed by atoms with Gasteiger partial charge in [-0.1, -0.05) is 17.7 Å². The van der Waals surface area contributed by atoms with Gasteiger partial charge in [-0.3, -0.25) is 14.4 Å². The summed E-state index contributed by atoms with van der Waals surface area (Å²) < 4.78 is 5.21. The van der Waals surface area contributed by atoms with Crippen molar-refractivity contribution in [3.8, 4) is 0 Å². The molecule has 0 radical (unpaired) electrons. The van der Waals surface area contributed by atoms with Gasteiger partial charge in [-0.2, -0.15) is 0 Å². The highest BCUT2D eigenvalue weighted by atomic mass is 16.5. The Labute approximate surface area is 181 Å². The van der Waals surface area contributed by atoms with Crippen LogP contribution in [0.4, 0.5) is 11.6 Å². The van der Waals surface area contributed by atoms with Gasteiger partial charge in [0.15, 0.2) is 6.61 Å². The lowest BCUT2D eigenvalue weighted by Crippen LogP contribution is -2.40. The maximum atomic E-state index is 12.3. The summed E-state index contributed by atoms with van der Waals surface area (Å²) in [5.41, 5.74) is 1.75. The molecule has 0 unspecified atom stereocenters. The van der Waals surface area contributed by atoms with Crippen LogP contribution in [0.2, 0.25) is 0 Å². The van der Waals surface area contributed by atoms with E-state index in [1.54, 1.807) is 30.6 Å². The van der Waals surface area contributed by atoms with Gasteiger partial charge in [0.25, 0.3) is 5.91 Å². The molecule has 1 N–H and O–H groups in total. The molecule has 1 aromatic carbocycles. The minimum atomic E-state index is -0.428. The molecule has 9 nitrogen and oxygen atoms in total. The molecule has 164 valence electrons. The van der Waals surface area contributed by atoms with Crippen molar-refractivity contribution < 1.29 is 19.1 Å². The van der Waals surface area contributed by atoms with Crippen LogP contribution < -0.4 is 10.2 Å². The number of carbonyl (C=O) groups is 3. The van der Waals surface area contributed by atoms with Crippen LogP contribution in [0.5, 0.6) is 0 Å². The molecule has 0 aliphatic carbocycles. The zero-order valence-electron chi connectivity index (χ0n) is 17.8. The van der Waals surface area contributed by atoms with Gasteiger partial charge in [-0.15, -0.1) is 0 Å². The van der Waals surface area contributed by atoms with Crippen molar-refractivity contribution in [2.24, 2.45) is 5.92 Å². The molecule has 0 saturated carbocycles. The molecule has 0 spiro atoms. The van der Waals surface area contributed by atoms with Crippen molar-refractivity contribution in [2.45, 2.75) is 19.8 Å². The second kappa shape index (κ2) is 10.5. The van der Waals surface area contributed by atoms with E-state index in [0.29, 0.717) is 37.6 Å². The third-order valence-electron chi connectivity index (χ3n) is 5.14. The summed E-state index contributed by atoms with van der Waals surface area (Å²) in [4.78, 5) is 48.4. The summed E-state index contributed by atoms with van der Waals surface area (Å²) in [6.07, 6.45) is 4.60. The average Bonchev–Trinajstić information content (AvgIpc) is 2.79. The molecule has 2 amide bonds. The summed E-state index contributed by atoms with van der Waals surface area (Å²) in [6.45, 7) is 2.75. The first kappa shape index (κ1) is 22.2. The third-order valence-corrected chi connectivity index (χ3v) is 5.14. The second-order valence-electron chi connectivity index (χ2n) is 7.58. The number of carbonyl (C=O) groups excluding carboxylic acids is 3. The molecular weight excluding hydrogens is 398 g/mol. The first-order valence-corrected chi connectivity index (χ1v) is 10.2. The Morgan fingerprint density at radius 3 is 2.42 bits per heavy atom. The normalized spacial score (nSPS) is 14.1. The third kappa shape index (κ3) is 6.50. The number of amides is 2. The van der Waals surface area contributed by atoms with Crippen molar-refractivity contribution in [1.82, 2.24) is 14.9 Å². The number of piperidine rings is 1. The molecule has 1 aliphatic rings. The Kier molecular flexibility index (Phi) is 7.53. The number of rotatable bonds is 7. The topological polar surface area (TPSA) is 105 Å². The number of aromatic nitrogens is 2. The number of nitrogens with one attached hydrogen (secondary N) is 1. The number of aryl methyl sites for hydroxylation is 1. The molecule has 3 rings (SSSR count). The fourth-order valence-corrected chi connectivity index (χ4v) is 3.27. The molecular formula is C22H27N5O4. The summed E-state index contributed by atoms with van der Waals surface area (Å²) in [5, 5.41) is 2.73. The van der Waals surface area contributed by atoms with Gasteiger partial charge in [0, 0.05) is 38.2 Å². The highest BCUT2D eigenvalue weighted by Crippen LogP contribution is 2.21. The molecule has 2 aromatic rings. The van der Waals surface area contributed by atoms with E-state index >= 15 is 0 Å². The SMILES string of the molecule is Cc1ccc(NC(=O)CN(C)C(=O)COC(=O)C2CCN(c3ncccn3)CC2)cc1. The van der Waals surface area contributed by atoms with Crippen LogP contribution >= 0.6 is 0 Å². The fraction of sp³-hybridized carbons (Fsp3) is 0.409. The van der Waals surface area contributed by atoms with Crippen LogP contribution in [-0.2, 0) is 19.1 Å². The Hall–Kier alpha value is -3.49. The average molecular weight is 425 g/mol. The largest absolute Gasteiger partial charge is 0.455 e. The van der Waals surface area contributed by atoms with Gasteiger partial charge < -0.3 is 19.9 Å². The van der Waals surface area contributed by atoms with E-state index in [2.05, 4.69) is 15.3 Å². The Morgan fingerprint density at radius 1 is 1.13 bits per heavy atom. The predicted molar refractivity (Wildman–Crippen MR) is 115 cm³/mol. The summed E-state index contributed by atoms with van der Waals surface area (Å²) in [6, 6.07) is 9.13. The zero-order chi connectivity index (χ0) is 22.2. The molecule has 31 heavy (non-hydrogen) atoms. The van der Waals surface area contributed by atoms with Crippen LogP contribution in [0.25, 0.3) is 0 Å². The number of ether oxygens (including phenoxy) is 1. The van der Waals surface area contributed by atoms with Crippen LogP contribution in [0, 0.1) is 12.8 Å². The molecule has 2 heterocycles. The number of hydrogen-bond donors (Lipinski definition) is 1. The lowest BCUT2D eigenvalue weighted by atomic mass is 9.97. The second-order valence-corrected chi connectivity index (χ2v) is 7.58. The van der Waals surface area contributed by atoms with Gasteiger partial charge in [0.05, 0.1) is 12.5 Å². The van der Waals surface area contributed by atoms with E-state index in [1.807, 2.05) is 24.0 Å². The van der Waals surface area contributed by atoms with Gasteiger partial charge in [-0.05, 0) is 38.0 Å². The first-order valence-electron chi connectivity index (χ1n) is 10.2. The smallest absolute Gasteiger partial charge is 0.309 e. The Balaban J connectivity index is 1.38. The maximum absolute atomic E-state index is 12.3. The predicted octanol–water partition coefficient (Wildman–Crippen LogP) is 1.64. The standard InChI is InChI=1S/C22H27N5O4/c1-16-4-6-18(7-5-16)25-19(28)14-26(2)20(29)15-31-21(30)17-8-12-27(13-9-17)22-23-10-3-11-24-22/h3-7,10-11,17H,8-9,12-15H2,1-2H3,(H,25,28). The highest BCUT2D eigenvalue weighted by Gasteiger charge is 2.28. The number of benzene rings is 1. The van der Waals surface area contributed by atoms with Gasteiger partial charge in [-0.25, -0.2) is 9.97 Å². The lowest BCUT2D eigenvalue weighted by molar-refractivity contribution is -0.155. The minimum Gasteiger partial charge on any atom is -0.455 e. The van der Waals surface area contributed by atoms with Crippen molar-refractivity contribution in [1.29, 1.82) is 0 Å². The lowest BCUT2D eigenvalue weighted by Gasteiger charge is -2.30. The van der Waals surface area contributed by atoms with Crippen molar-refractivity contribution >= 4 is 29.4 Å². The van der Waals surface area contributed by atoms with E-state index in [1.165, 1.54) is 11.9 Å². The minimum absolute atomic E-state index is 0.125. The van der Waals surface area contributed by atoms with Gasteiger partial charge >= 0.3 is 5.97 Å². The molecule has 0 bridgehead atoms. The van der Waals surface area contributed by atoms with E-state index in [4.69, 9.17) is 4.74 Å². The molecule has 1 saturated heterocycles. The Morgan fingerprint density at radius 2 is 1.77 bits per heavy atom. The van der Waals surface area contributed by atoms with Crippen LogP contribution in [-0.4, -0.2) is 65.9 Å². The van der Waals surface area contributed by atoms with Crippen molar-refractivity contribution in [3.63, 3.8) is 0 Å². The monoisotopic (exact) mass is 425 g/mol. The molecule has 9 heteroatoms. The fourth-order valence-electron chi connectivity index (χ4n) is 3.27. The summed E-state index contributed by atoms with van der Waals surface area (Å²) in [7, 11) is 1.50. The van der Waals surface area contributed by atoms with Gasteiger partial charge in [0.2, 0.25) is 11.9 Å². The van der Waals surface area contributed by atoms with Crippen molar-refractivity contribution in [3.05, 3.63) is 48.3 Å². The molecule has 1 aliphatic heterocycles. The maximum Gasteiger partial charge on any atom is 0.309 e.